The minimum atomic E-state index is -4.56. The van der Waals surface area contributed by atoms with Crippen molar-refractivity contribution in [3.8, 4) is 0 Å². The Morgan fingerprint density at radius 2 is 1.75 bits per heavy atom. The Labute approximate surface area is 181 Å². The van der Waals surface area contributed by atoms with Gasteiger partial charge in [0.1, 0.15) is 22.9 Å². The number of aryl methyl sites for hydroxylation is 1. The molecule has 2 aromatic heterocycles. The van der Waals surface area contributed by atoms with Crippen molar-refractivity contribution in [3.63, 3.8) is 0 Å². The van der Waals surface area contributed by atoms with Gasteiger partial charge in [0, 0.05) is 36.1 Å². The number of halogens is 4. The summed E-state index contributed by atoms with van der Waals surface area (Å²) in [7, 11) is 0. The number of hydrogen-bond donors (Lipinski definition) is 1. The van der Waals surface area contributed by atoms with Crippen molar-refractivity contribution >= 4 is 5.84 Å². The van der Waals surface area contributed by atoms with E-state index in [0.29, 0.717) is 29.1 Å². The van der Waals surface area contributed by atoms with Gasteiger partial charge in [0.15, 0.2) is 0 Å². The van der Waals surface area contributed by atoms with Crippen molar-refractivity contribution in [1.82, 2.24) is 14.9 Å². The van der Waals surface area contributed by atoms with E-state index in [0.717, 1.165) is 6.07 Å². The van der Waals surface area contributed by atoms with Crippen molar-refractivity contribution in [3.05, 3.63) is 99.5 Å². The molecule has 2 atom stereocenters. The van der Waals surface area contributed by atoms with Crippen LogP contribution in [0.1, 0.15) is 36.2 Å². The molecule has 0 saturated carbocycles. The van der Waals surface area contributed by atoms with Gasteiger partial charge in [-0.05, 0) is 43.7 Å². The molecular weight excluding hydrogens is 424 g/mol. The first-order chi connectivity index (χ1) is 15.1. The maximum absolute atomic E-state index is 13.6. The zero-order valence-corrected chi connectivity index (χ0v) is 17.3. The van der Waals surface area contributed by atoms with Crippen molar-refractivity contribution < 1.29 is 17.6 Å². The Morgan fingerprint density at radius 3 is 2.34 bits per heavy atom. The second-order valence-corrected chi connectivity index (χ2v) is 7.57. The van der Waals surface area contributed by atoms with Crippen molar-refractivity contribution in [2.45, 2.75) is 38.1 Å². The topological polar surface area (TPSA) is 59.3 Å². The van der Waals surface area contributed by atoms with Gasteiger partial charge >= 0.3 is 6.18 Å². The van der Waals surface area contributed by atoms with Crippen LogP contribution in [-0.2, 0) is 18.3 Å². The molecule has 0 spiro atoms. The van der Waals surface area contributed by atoms with E-state index >= 15 is 0 Å². The van der Waals surface area contributed by atoms with Crippen molar-refractivity contribution in [2.24, 2.45) is 4.99 Å². The molecule has 0 radical (unpaired) electrons. The Hall–Kier alpha value is -3.49. The van der Waals surface area contributed by atoms with Crippen LogP contribution >= 0.6 is 0 Å². The molecule has 3 heterocycles. The molecule has 32 heavy (non-hydrogen) atoms. The van der Waals surface area contributed by atoms with Crippen LogP contribution in [0.25, 0.3) is 0 Å². The first-order valence-corrected chi connectivity index (χ1v) is 10.0. The molecule has 3 aromatic rings. The maximum Gasteiger partial charge on any atom is 0.433 e. The molecule has 1 aliphatic rings. The number of hydrogen-bond acceptors (Lipinski definition) is 4. The quantitative estimate of drug-likeness (QED) is 0.617. The molecule has 2 unspecified atom stereocenters. The van der Waals surface area contributed by atoms with Gasteiger partial charge in [0.2, 0.25) is 0 Å². The fraction of sp³-hybridized carbons (Fsp3) is 0.261. The van der Waals surface area contributed by atoms with Gasteiger partial charge in [-0.25, -0.2) is 4.39 Å². The highest BCUT2D eigenvalue weighted by Crippen LogP contribution is 2.39. The second-order valence-electron chi connectivity index (χ2n) is 7.57. The van der Waals surface area contributed by atoms with Crippen molar-refractivity contribution in [1.29, 1.82) is 0 Å². The number of amidine groups is 1. The highest BCUT2D eigenvalue weighted by Gasteiger charge is 2.46. The molecule has 0 bridgehead atoms. The Bertz CT molecular complexity index is 1220. The minimum absolute atomic E-state index is 0.153. The first kappa shape index (κ1) is 21.7. The summed E-state index contributed by atoms with van der Waals surface area (Å²) in [6.07, 6.45) is -1.72. The summed E-state index contributed by atoms with van der Waals surface area (Å²) < 4.78 is 54.3. The molecule has 166 valence electrons. The lowest BCUT2D eigenvalue weighted by Gasteiger charge is -2.35. The Balaban J connectivity index is 1.83. The van der Waals surface area contributed by atoms with E-state index < -0.39 is 29.3 Å². The Morgan fingerprint density at radius 1 is 1.06 bits per heavy atom. The summed E-state index contributed by atoms with van der Waals surface area (Å²) in [4.78, 5) is 20.3. The van der Waals surface area contributed by atoms with Gasteiger partial charge in [0.25, 0.3) is 5.56 Å². The normalized spacial score (nSPS) is 20.7. The molecule has 0 amide bonds. The summed E-state index contributed by atoms with van der Waals surface area (Å²) in [5, 5.41) is 3.34. The van der Waals surface area contributed by atoms with E-state index in [1.165, 1.54) is 35.0 Å². The molecule has 1 N–H and O–H groups in total. The predicted octanol–water partition coefficient (Wildman–Crippen LogP) is 4.10. The number of alkyl halides is 3. The van der Waals surface area contributed by atoms with Crippen LogP contribution in [0.3, 0.4) is 0 Å². The third-order valence-corrected chi connectivity index (χ3v) is 5.67. The van der Waals surface area contributed by atoms with E-state index in [4.69, 9.17) is 4.99 Å². The fourth-order valence-corrected chi connectivity index (χ4v) is 3.98. The minimum Gasteiger partial charge on any atom is -0.354 e. The number of pyridine rings is 2. The van der Waals surface area contributed by atoms with E-state index in [9.17, 15) is 22.4 Å². The number of nitrogens with zero attached hydrogens (tertiary/aromatic N) is 3. The SMILES string of the molecule is CCn1cc(C2=NC(C)C(c3ccc(F)cc3)(c3ccc(C(F)(F)F)nc3)N2)ccc1=O. The van der Waals surface area contributed by atoms with Crippen LogP contribution in [0.5, 0.6) is 0 Å². The standard InChI is InChI=1S/C23H20F4N4O/c1-3-31-13-15(4-11-20(31)32)21-29-14(2)22(30-21,16-5-8-18(24)9-6-16)17-7-10-19(28-12-17)23(25,26)27/h4-14H,3H2,1-2H3,(H,29,30). The average molecular weight is 444 g/mol. The van der Waals surface area contributed by atoms with Gasteiger partial charge in [-0.2, -0.15) is 13.2 Å². The molecule has 1 aliphatic heterocycles. The average Bonchev–Trinajstić information content (AvgIpc) is 3.12. The van der Waals surface area contributed by atoms with Crippen molar-refractivity contribution in [2.75, 3.05) is 0 Å². The molecule has 4 rings (SSSR count). The van der Waals surface area contributed by atoms with Gasteiger partial charge in [-0.15, -0.1) is 0 Å². The zero-order valence-electron chi connectivity index (χ0n) is 17.3. The van der Waals surface area contributed by atoms with Crippen LogP contribution in [0.4, 0.5) is 17.6 Å². The van der Waals surface area contributed by atoms with Crippen LogP contribution in [0, 0.1) is 5.82 Å². The van der Waals surface area contributed by atoms with Crippen LogP contribution in [0.2, 0.25) is 0 Å². The van der Waals surface area contributed by atoms with E-state index in [2.05, 4.69) is 10.3 Å². The molecule has 0 saturated heterocycles. The highest BCUT2D eigenvalue weighted by atomic mass is 19.4. The monoisotopic (exact) mass is 444 g/mol. The molecule has 0 aliphatic carbocycles. The number of aromatic nitrogens is 2. The molecule has 1 aromatic carbocycles. The summed E-state index contributed by atoms with van der Waals surface area (Å²) in [6.45, 7) is 4.13. The molecule has 0 fully saturated rings. The number of rotatable bonds is 4. The second kappa shape index (κ2) is 7.89. The van der Waals surface area contributed by atoms with Gasteiger partial charge in [0.05, 0.1) is 6.04 Å². The van der Waals surface area contributed by atoms with Crippen LogP contribution in [0.15, 0.2) is 70.7 Å². The maximum atomic E-state index is 13.6. The largest absolute Gasteiger partial charge is 0.433 e. The third kappa shape index (κ3) is 3.68. The number of aliphatic imine (C=N–C) groups is 1. The van der Waals surface area contributed by atoms with E-state index in [1.807, 2.05) is 13.8 Å². The van der Waals surface area contributed by atoms with Gasteiger partial charge < -0.3 is 9.88 Å². The zero-order chi connectivity index (χ0) is 23.1. The first-order valence-electron chi connectivity index (χ1n) is 10.0. The molecular formula is C23H20F4N4O. The van der Waals surface area contributed by atoms with Crippen LogP contribution in [-0.4, -0.2) is 21.4 Å². The molecule has 5 nitrogen and oxygen atoms in total. The smallest absolute Gasteiger partial charge is 0.354 e. The van der Waals surface area contributed by atoms with E-state index in [1.54, 1.807) is 24.4 Å². The van der Waals surface area contributed by atoms with Gasteiger partial charge in [-0.3, -0.25) is 14.8 Å². The summed E-state index contributed by atoms with van der Waals surface area (Å²) in [5.74, 6) is 0.0418. The molecule has 9 heteroatoms. The number of nitrogens with one attached hydrogen (secondary N) is 1. The number of benzene rings is 1. The lowest BCUT2D eigenvalue weighted by atomic mass is 9.79. The lowest BCUT2D eigenvalue weighted by molar-refractivity contribution is -0.141. The highest BCUT2D eigenvalue weighted by molar-refractivity contribution is 6.01. The predicted molar refractivity (Wildman–Crippen MR) is 112 cm³/mol. The third-order valence-electron chi connectivity index (χ3n) is 5.67. The van der Waals surface area contributed by atoms with Crippen LogP contribution < -0.4 is 10.9 Å². The Kier molecular flexibility index (Phi) is 5.36. The summed E-state index contributed by atoms with van der Waals surface area (Å²) in [5.41, 5.74) is -0.505. The van der Waals surface area contributed by atoms with E-state index in [-0.39, 0.29) is 5.56 Å². The van der Waals surface area contributed by atoms with Gasteiger partial charge in [-0.1, -0.05) is 18.2 Å². The lowest BCUT2D eigenvalue weighted by Crippen LogP contribution is -2.48. The summed E-state index contributed by atoms with van der Waals surface area (Å²) >= 11 is 0. The summed E-state index contributed by atoms with van der Waals surface area (Å²) in [6, 6.07) is 10.6. The fourth-order valence-electron chi connectivity index (χ4n) is 3.98.